The van der Waals surface area contributed by atoms with Crippen LogP contribution in [0.15, 0.2) is 24.3 Å². The molecule has 4 nitrogen and oxygen atoms in total. The van der Waals surface area contributed by atoms with Gasteiger partial charge in [0.05, 0.1) is 6.04 Å². The van der Waals surface area contributed by atoms with Crippen LogP contribution in [0.25, 0.3) is 0 Å². The maximum atomic E-state index is 13.0. The van der Waals surface area contributed by atoms with E-state index in [1.165, 1.54) is 37.7 Å². The Bertz CT molecular complexity index is 647. The van der Waals surface area contributed by atoms with Gasteiger partial charge in [0.15, 0.2) is 0 Å². The molecule has 1 heterocycles. The molecule has 3 unspecified atom stereocenters. The molecular weight excluding hydrogens is 358 g/mol. The Labute approximate surface area is 167 Å². The zero-order valence-corrected chi connectivity index (χ0v) is 16.8. The fourth-order valence-electron chi connectivity index (χ4n) is 5.57. The lowest BCUT2D eigenvalue weighted by Crippen LogP contribution is -2.49. The van der Waals surface area contributed by atoms with Crippen LogP contribution in [0.5, 0.6) is 0 Å². The molecule has 1 aromatic rings. The van der Waals surface area contributed by atoms with E-state index < -0.39 is 0 Å². The quantitative estimate of drug-likeness (QED) is 0.806. The first kappa shape index (κ1) is 19.2. The van der Waals surface area contributed by atoms with Crippen LogP contribution in [0, 0.1) is 17.8 Å². The van der Waals surface area contributed by atoms with E-state index in [1.807, 2.05) is 18.2 Å². The fraction of sp³-hybridized carbons (Fsp3) is 0.682. The number of likely N-dealkylation sites (tertiary alicyclic amines) is 1. The molecule has 1 amide bonds. The van der Waals surface area contributed by atoms with Crippen molar-refractivity contribution in [2.75, 3.05) is 19.6 Å². The van der Waals surface area contributed by atoms with E-state index in [0.29, 0.717) is 24.4 Å². The molecule has 1 aromatic carbocycles. The third-order valence-electron chi connectivity index (χ3n) is 7.07. The van der Waals surface area contributed by atoms with E-state index >= 15 is 0 Å². The Kier molecular flexibility index (Phi) is 6.05. The molecule has 4 rings (SSSR count). The Hall–Kier alpha value is -1.10. The molecule has 3 atom stereocenters. The molecule has 2 bridgehead atoms. The summed E-state index contributed by atoms with van der Waals surface area (Å²) < 4.78 is 0. The Morgan fingerprint density at radius 2 is 1.89 bits per heavy atom. The van der Waals surface area contributed by atoms with Gasteiger partial charge in [-0.15, -0.1) is 0 Å². The van der Waals surface area contributed by atoms with E-state index in [2.05, 4.69) is 16.3 Å². The van der Waals surface area contributed by atoms with Crippen molar-refractivity contribution < 1.29 is 4.79 Å². The number of fused-ring (bicyclic) bond motifs is 2. The highest BCUT2D eigenvalue weighted by Crippen LogP contribution is 2.42. The van der Waals surface area contributed by atoms with Gasteiger partial charge in [-0.05, 0) is 81.1 Å². The maximum absolute atomic E-state index is 13.0. The van der Waals surface area contributed by atoms with Gasteiger partial charge >= 0.3 is 0 Å². The van der Waals surface area contributed by atoms with Gasteiger partial charge < -0.3 is 11.1 Å². The van der Waals surface area contributed by atoms with Gasteiger partial charge in [0, 0.05) is 23.5 Å². The minimum atomic E-state index is 0.138. The van der Waals surface area contributed by atoms with E-state index in [1.54, 1.807) is 0 Å². The summed E-state index contributed by atoms with van der Waals surface area (Å²) in [6.45, 7) is 2.85. The van der Waals surface area contributed by atoms with Gasteiger partial charge in [0.2, 0.25) is 5.91 Å². The molecule has 148 valence electrons. The number of nitrogens with zero attached hydrogens (tertiary/aromatic N) is 1. The van der Waals surface area contributed by atoms with Crippen molar-refractivity contribution in [1.82, 2.24) is 10.2 Å². The second-order valence-electron chi connectivity index (χ2n) is 8.76. The number of amides is 1. The number of rotatable bonds is 5. The average Bonchev–Trinajstić information content (AvgIpc) is 3.16. The predicted molar refractivity (Wildman–Crippen MR) is 110 cm³/mol. The summed E-state index contributed by atoms with van der Waals surface area (Å²) in [4.78, 5) is 15.4. The molecule has 3 fully saturated rings. The van der Waals surface area contributed by atoms with Gasteiger partial charge in [0.1, 0.15) is 0 Å². The lowest BCUT2D eigenvalue weighted by atomic mass is 9.65. The first-order chi connectivity index (χ1) is 13.1. The van der Waals surface area contributed by atoms with Gasteiger partial charge in [-0.25, -0.2) is 0 Å². The molecule has 1 aliphatic heterocycles. The molecule has 2 aliphatic carbocycles. The van der Waals surface area contributed by atoms with Crippen LogP contribution in [0.4, 0.5) is 0 Å². The number of carbonyl (C=O) groups is 1. The van der Waals surface area contributed by atoms with Gasteiger partial charge in [-0.2, -0.15) is 0 Å². The Balaban J connectivity index is 1.41. The third-order valence-corrected chi connectivity index (χ3v) is 7.30. The van der Waals surface area contributed by atoms with E-state index in [9.17, 15) is 4.79 Å². The van der Waals surface area contributed by atoms with Crippen LogP contribution in [0.2, 0.25) is 5.02 Å². The molecule has 0 spiro atoms. The summed E-state index contributed by atoms with van der Waals surface area (Å²) in [6.07, 6.45) is 8.07. The zero-order valence-electron chi connectivity index (χ0n) is 16.1. The summed E-state index contributed by atoms with van der Waals surface area (Å²) in [5, 5.41) is 4.05. The zero-order chi connectivity index (χ0) is 18.8. The predicted octanol–water partition coefficient (Wildman–Crippen LogP) is 3.75. The molecule has 1 saturated heterocycles. The fourth-order valence-corrected chi connectivity index (χ4v) is 5.77. The van der Waals surface area contributed by atoms with Crippen molar-refractivity contribution in [1.29, 1.82) is 0 Å². The van der Waals surface area contributed by atoms with Crippen LogP contribution < -0.4 is 11.1 Å². The SMILES string of the molecule is NC1C2CCCC1CC(C(=O)NCC(c1cccc(Cl)c1)N1CCCC1)C2. The second kappa shape index (κ2) is 8.50. The van der Waals surface area contributed by atoms with Crippen LogP contribution in [-0.4, -0.2) is 36.5 Å². The van der Waals surface area contributed by atoms with E-state index in [-0.39, 0.29) is 17.9 Å². The highest BCUT2D eigenvalue weighted by Gasteiger charge is 2.40. The molecule has 27 heavy (non-hydrogen) atoms. The third kappa shape index (κ3) is 4.33. The molecule has 3 aliphatic rings. The normalized spacial score (nSPS) is 32.2. The van der Waals surface area contributed by atoms with Gasteiger partial charge in [-0.1, -0.05) is 30.2 Å². The highest BCUT2D eigenvalue weighted by molar-refractivity contribution is 6.30. The van der Waals surface area contributed by atoms with Crippen molar-refractivity contribution >= 4 is 17.5 Å². The summed E-state index contributed by atoms with van der Waals surface area (Å²) in [5.74, 6) is 1.44. The van der Waals surface area contributed by atoms with Crippen LogP contribution >= 0.6 is 11.6 Å². The standard InChI is InChI=1S/C22H32ClN3O/c23-19-8-4-5-15(13-19)20(26-9-1-2-10-26)14-25-22(27)18-11-16-6-3-7-17(12-18)21(16)24/h4-5,8,13,16-18,20-21H,1-3,6-7,9-12,14,24H2,(H,25,27). The maximum Gasteiger partial charge on any atom is 0.223 e. The first-order valence-electron chi connectivity index (χ1n) is 10.6. The average molecular weight is 390 g/mol. The molecule has 0 aromatic heterocycles. The molecule has 5 heteroatoms. The number of nitrogens with one attached hydrogen (secondary N) is 1. The van der Waals surface area contributed by atoms with Crippen molar-refractivity contribution in [2.24, 2.45) is 23.5 Å². The van der Waals surface area contributed by atoms with Crippen LogP contribution in [0.1, 0.15) is 56.6 Å². The number of benzene rings is 1. The van der Waals surface area contributed by atoms with Crippen LogP contribution in [0.3, 0.4) is 0 Å². The van der Waals surface area contributed by atoms with E-state index in [4.69, 9.17) is 17.3 Å². The van der Waals surface area contributed by atoms with Crippen molar-refractivity contribution in [3.8, 4) is 0 Å². The molecular formula is C22H32ClN3O. The van der Waals surface area contributed by atoms with Crippen molar-refractivity contribution in [3.63, 3.8) is 0 Å². The van der Waals surface area contributed by atoms with Gasteiger partial charge in [0.25, 0.3) is 0 Å². The van der Waals surface area contributed by atoms with Gasteiger partial charge in [-0.3, -0.25) is 9.69 Å². The smallest absolute Gasteiger partial charge is 0.223 e. The summed E-state index contributed by atoms with van der Waals surface area (Å²) in [6, 6.07) is 8.61. The molecule has 3 N–H and O–H groups in total. The van der Waals surface area contributed by atoms with E-state index in [0.717, 1.165) is 31.0 Å². The Morgan fingerprint density at radius 3 is 2.56 bits per heavy atom. The number of hydrogen-bond acceptors (Lipinski definition) is 3. The topological polar surface area (TPSA) is 58.4 Å². The lowest BCUT2D eigenvalue weighted by molar-refractivity contribution is -0.128. The minimum Gasteiger partial charge on any atom is -0.354 e. The van der Waals surface area contributed by atoms with Crippen molar-refractivity contribution in [2.45, 2.75) is 57.0 Å². The number of hydrogen-bond donors (Lipinski definition) is 2. The van der Waals surface area contributed by atoms with Crippen LogP contribution in [-0.2, 0) is 4.79 Å². The minimum absolute atomic E-state index is 0.138. The molecule has 0 radical (unpaired) electrons. The number of halogens is 1. The van der Waals surface area contributed by atoms with Crippen molar-refractivity contribution in [3.05, 3.63) is 34.9 Å². The first-order valence-corrected chi connectivity index (χ1v) is 11.0. The summed E-state index contributed by atoms with van der Waals surface area (Å²) in [7, 11) is 0. The second-order valence-corrected chi connectivity index (χ2v) is 9.19. The summed E-state index contributed by atoms with van der Waals surface area (Å²) >= 11 is 6.23. The molecule has 2 saturated carbocycles. The number of carbonyl (C=O) groups excluding carboxylic acids is 1. The largest absolute Gasteiger partial charge is 0.354 e. The highest BCUT2D eigenvalue weighted by atomic mass is 35.5. The lowest BCUT2D eigenvalue weighted by Gasteiger charge is -2.43. The number of nitrogens with two attached hydrogens (primary N) is 1. The summed E-state index contributed by atoms with van der Waals surface area (Å²) in [5.41, 5.74) is 7.59. The Morgan fingerprint density at radius 1 is 1.19 bits per heavy atom. The monoisotopic (exact) mass is 389 g/mol.